The number of hydrogen-bond acceptors (Lipinski definition) is 6. The van der Waals surface area contributed by atoms with Crippen molar-refractivity contribution in [3.63, 3.8) is 0 Å². The number of rotatable bonds is 5. The van der Waals surface area contributed by atoms with E-state index in [9.17, 15) is 8.42 Å². The van der Waals surface area contributed by atoms with E-state index in [4.69, 9.17) is 10.5 Å². The minimum Gasteiger partial charge on any atom is -0.399 e. The molecule has 2 saturated heterocycles. The van der Waals surface area contributed by atoms with Gasteiger partial charge in [-0.15, -0.1) is 0 Å². The molecular weight excluding hydrogens is 328 g/mol. The van der Waals surface area contributed by atoms with E-state index in [-0.39, 0.29) is 11.0 Å². The van der Waals surface area contributed by atoms with E-state index in [1.165, 1.54) is 0 Å². The smallest absolute Gasteiger partial charge is 0.242 e. The number of benzene rings is 1. The average Bonchev–Trinajstić information content (AvgIpc) is 3.07. The number of anilines is 2. The van der Waals surface area contributed by atoms with Crippen LogP contribution in [0.5, 0.6) is 0 Å². The van der Waals surface area contributed by atoms with Gasteiger partial charge in [0.15, 0.2) is 0 Å². The normalized spacial score (nSPS) is 22.9. The Morgan fingerprint density at radius 3 is 2.71 bits per heavy atom. The van der Waals surface area contributed by atoms with Gasteiger partial charge in [-0.2, -0.15) is 0 Å². The Labute approximate surface area is 143 Å². The molecule has 0 aliphatic carbocycles. The Morgan fingerprint density at radius 1 is 1.29 bits per heavy atom. The molecule has 3 rings (SSSR count). The Morgan fingerprint density at radius 2 is 2.04 bits per heavy atom. The number of nitrogen functional groups attached to an aromatic ring is 1. The molecule has 1 aromatic rings. The lowest BCUT2D eigenvalue weighted by molar-refractivity contribution is 0.114. The molecule has 0 spiro atoms. The number of sulfonamides is 1. The first-order valence-corrected chi connectivity index (χ1v) is 9.88. The number of nitrogens with two attached hydrogens (primary N) is 1. The van der Waals surface area contributed by atoms with Gasteiger partial charge in [0.05, 0.1) is 11.8 Å². The predicted molar refractivity (Wildman–Crippen MR) is 94.7 cm³/mol. The molecule has 134 valence electrons. The summed E-state index contributed by atoms with van der Waals surface area (Å²) in [5, 5.41) is 0. The van der Waals surface area contributed by atoms with E-state index >= 15 is 0 Å². The first kappa shape index (κ1) is 17.5. The number of ether oxygens (including phenoxy) is 1. The third-order valence-electron chi connectivity index (χ3n) is 4.64. The summed E-state index contributed by atoms with van der Waals surface area (Å²) >= 11 is 0. The van der Waals surface area contributed by atoms with Gasteiger partial charge < -0.3 is 20.3 Å². The number of nitrogens with zero attached hydrogens (tertiary/aromatic N) is 2. The van der Waals surface area contributed by atoms with Gasteiger partial charge in [0.1, 0.15) is 4.90 Å². The standard InChI is InChI=1S/C16H26N4O3S/c1-19-6-8-20(9-7-19)15-5-4-13(17)11-16(15)24(21,22)18-12-14-3-2-10-23-14/h4-5,11,14,18H,2-3,6-10,12,17H2,1H3. The van der Waals surface area contributed by atoms with Crippen molar-refractivity contribution in [2.75, 3.05) is 57.0 Å². The summed E-state index contributed by atoms with van der Waals surface area (Å²) in [6.07, 6.45) is 1.84. The molecule has 3 N–H and O–H groups in total. The topological polar surface area (TPSA) is 87.9 Å². The van der Waals surface area contributed by atoms with Crippen LogP contribution < -0.4 is 15.4 Å². The monoisotopic (exact) mass is 354 g/mol. The van der Waals surface area contributed by atoms with Crippen molar-refractivity contribution < 1.29 is 13.2 Å². The predicted octanol–water partition coefficient (Wildman–Crippen LogP) is 0.478. The van der Waals surface area contributed by atoms with Gasteiger partial charge >= 0.3 is 0 Å². The number of likely N-dealkylation sites (N-methyl/N-ethyl adjacent to an activating group) is 1. The lowest BCUT2D eigenvalue weighted by atomic mass is 10.2. The van der Waals surface area contributed by atoms with Crippen LogP contribution in [0.1, 0.15) is 12.8 Å². The molecule has 0 radical (unpaired) electrons. The molecule has 2 aliphatic heterocycles. The Kier molecular flexibility index (Phi) is 5.29. The van der Waals surface area contributed by atoms with Gasteiger partial charge in [-0.05, 0) is 38.1 Å². The Balaban J connectivity index is 1.81. The zero-order valence-corrected chi connectivity index (χ0v) is 14.9. The summed E-state index contributed by atoms with van der Waals surface area (Å²) in [5.74, 6) is 0. The van der Waals surface area contributed by atoms with Crippen LogP contribution in [-0.2, 0) is 14.8 Å². The fourth-order valence-electron chi connectivity index (χ4n) is 3.14. The number of hydrogen-bond donors (Lipinski definition) is 2. The molecule has 0 bridgehead atoms. The highest BCUT2D eigenvalue weighted by Crippen LogP contribution is 2.28. The maximum absolute atomic E-state index is 12.8. The van der Waals surface area contributed by atoms with Crippen LogP contribution in [0.15, 0.2) is 23.1 Å². The van der Waals surface area contributed by atoms with Crippen molar-refractivity contribution in [2.45, 2.75) is 23.8 Å². The van der Waals surface area contributed by atoms with E-state index in [0.29, 0.717) is 18.8 Å². The van der Waals surface area contributed by atoms with Gasteiger partial charge in [-0.25, -0.2) is 13.1 Å². The summed E-state index contributed by atoms with van der Waals surface area (Å²) in [7, 11) is -1.56. The third-order valence-corrected chi connectivity index (χ3v) is 6.10. The highest BCUT2D eigenvalue weighted by molar-refractivity contribution is 7.89. The van der Waals surface area contributed by atoms with E-state index in [1.54, 1.807) is 18.2 Å². The van der Waals surface area contributed by atoms with Gasteiger partial charge in [-0.3, -0.25) is 0 Å². The molecule has 2 fully saturated rings. The van der Waals surface area contributed by atoms with Crippen molar-refractivity contribution in [3.05, 3.63) is 18.2 Å². The first-order valence-electron chi connectivity index (χ1n) is 8.40. The van der Waals surface area contributed by atoms with Gasteiger partial charge in [0, 0.05) is 45.0 Å². The van der Waals surface area contributed by atoms with Crippen LogP contribution in [0, 0.1) is 0 Å². The second-order valence-corrected chi connectivity index (χ2v) is 8.24. The minimum atomic E-state index is -3.63. The van der Waals surface area contributed by atoms with Crippen LogP contribution in [0.3, 0.4) is 0 Å². The molecule has 2 aliphatic rings. The summed E-state index contributed by atoms with van der Waals surface area (Å²) in [4.78, 5) is 4.60. The van der Waals surface area contributed by atoms with E-state index < -0.39 is 10.0 Å². The van der Waals surface area contributed by atoms with E-state index in [0.717, 1.165) is 44.7 Å². The maximum atomic E-state index is 12.8. The molecule has 1 atom stereocenters. The second kappa shape index (κ2) is 7.26. The molecular formula is C16H26N4O3S. The van der Waals surface area contributed by atoms with Crippen molar-refractivity contribution in [2.24, 2.45) is 0 Å². The van der Waals surface area contributed by atoms with Crippen LogP contribution in [0.25, 0.3) is 0 Å². The van der Waals surface area contributed by atoms with Crippen molar-refractivity contribution in [1.29, 1.82) is 0 Å². The van der Waals surface area contributed by atoms with Crippen LogP contribution in [0.2, 0.25) is 0 Å². The van der Waals surface area contributed by atoms with Crippen LogP contribution >= 0.6 is 0 Å². The summed E-state index contributed by atoms with van der Waals surface area (Å²) in [6.45, 7) is 4.43. The SMILES string of the molecule is CN1CCN(c2ccc(N)cc2S(=O)(=O)NCC2CCCO2)CC1. The summed E-state index contributed by atoms with van der Waals surface area (Å²) < 4.78 is 33.8. The number of piperazine rings is 1. The summed E-state index contributed by atoms with van der Waals surface area (Å²) in [6, 6.07) is 5.11. The van der Waals surface area contributed by atoms with Gasteiger partial charge in [0.2, 0.25) is 10.0 Å². The first-order chi connectivity index (χ1) is 11.5. The van der Waals surface area contributed by atoms with Gasteiger partial charge in [0.25, 0.3) is 0 Å². The molecule has 7 nitrogen and oxygen atoms in total. The van der Waals surface area contributed by atoms with E-state index in [1.807, 2.05) is 0 Å². The van der Waals surface area contributed by atoms with Crippen LogP contribution in [-0.4, -0.2) is 65.8 Å². The highest BCUT2D eigenvalue weighted by Gasteiger charge is 2.26. The second-order valence-electron chi connectivity index (χ2n) is 6.50. The Hall–Kier alpha value is -1.35. The quantitative estimate of drug-likeness (QED) is 0.748. The van der Waals surface area contributed by atoms with Crippen molar-refractivity contribution in [3.8, 4) is 0 Å². The zero-order chi connectivity index (χ0) is 17.2. The lowest BCUT2D eigenvalue weighted by Crippen LogP contribution is -2.45. The Bertz CT molecular complexity index is 666. The average molecular weight is 354 g/mol. The van der Waals surface area contributed by atoms with Crippen LogP contribution in [0.4, 0.5) is 11.4 Å². The largest absolute Gasteiger partial charge is 0.399 e. The maximum Gasteiger partial charge on any atom is 0.242 e. The fraction of sp³-hybridized carbons (Fsp3) is 0.625. The fourth-order valence-corrected chi connectivity index (χ4v) is 4.46. The number of nitrogens with one attached hydrogen (secondary N) is 1. The molecule has 1 aromatic carbocycles. The zero-order valence-electron chi connectivity index (χ0n) is 14.1. The van der Waals surface area contributed by atoms with Crippen molar-refractivity contribution >= 4 is 21.4 Å². The van der Waals surface area contributed by atoms with E-state index in [2.05, 4.69) is 21.6 Å². The van der Waals surface area contributed by atoms with Gasteiger partial charge in [-0.1, -0.05) is 0 Å². The van der Waals surface area contributed by atoms with Crippen molar-refractivity contribution in [1.82, 2.24) is 9.62 Å². The molecule has 0 amide bonds. The molecule has 8 heteroatoms. The molecule has 1 unspecified atom stereocenters. The molecule has 0 saturated carbocycles. The third kappa shape index (κ3) is 4.00. The minimum absolute atomic E-state index is 0.0343. The lowest BCUT2D eigenvalue weighted by Gasteiger charge is -2.35. The molecule has 0 aromatic heterocycles. The molecule has 24 heavy (non-hydrogen) atoms. The summed E-state index contributed by atoms with van der Waals surface area (Å²) in [5.41, 5.74) is 7.02. The molecule has 2 heterocycles. The highest BCUT2D eigenvalue weighted by atomic mass is 32.2.